The highest BCUT2D eigenvalue weighted by atomic mass is 16.5. The van der Waals surface area contributed by atoms with Crippen LogP contribution in [0.3, 0.4) is 0 Å². The van der Waals surface area contributed by atoms with Gasteiger partial charge in [-0.1, -0.05) is 35.5 Å². The zero-order valence-corrected chi connectivity index (χ0v) is 18.0. The molecule has 1 unspecified atom stereocenters. The maximum absolute atomic E-state index is 12.8. The molecule has 5 rings (SSSR count). The van der Waals surface area contributed by atoms with E-state index in [4.69, 9.17) is 13.7 Å². The number of benzene rings is 1. The van der Waals surface area contributed by atoms with E-state index < -0.39 is 6.04 Å². The minimum Gasteiger partial charge on any atom is -0.454 e. The van der Waals surface area contributed by atoms with Crippen molar-refractivity contribution in [3.05, 3.63) is 60.4 Å². The highest BCUT2D eigenvalue weighted by Crippen LogP contribution is 2.33. The summed E-state index contributed by atoms with van der Waals surface area (Å²) in [7, 11) is 0. The number of aromatic nitrogens is 5. The van der Waals surface area contributed by atoms with Crippen LogP contribution in [0.1, 0.15) is 30.9 Å². The van der Waals surface area contributed by atoms with Crippen LogP contribution in [0, 0.1) is 6.92 Å². The maximum Gasteiger partial charge on any atom is 0.329 e. The Bertz CT molecular complexity index is 1220. The van der Waals surface area contributed by atoms with Crippen molar-refractivity contribution in [1.29, 1.82) is 0 Å². The van der Waals surface area contributed by atoms with Crippen LogP contribution < -0.4 is 4.90 Å². The standard InChI is InChI=1S/C23H22N6O4/c1-15-19(20(28-33-15)16-8-3-2-4-9-16)21-27-26-18(32-21)14-31-22(30)17-10-5-6-13-29(17)23-24-11-7-12-25-23/h2-4,7-9,11-12,17H,5-6,10,13-14H2,1H3. The SMILES string of the molecule is Cc1onc(-c2ccccc2)c1-c1nnc(COC(=O)C2CCCCN2c2ncccn2)o1. The van der Waals surface area contributed by atoms with Crippen molar-refractivity contribution in [3.8, 4) is 22.7 Å². The molecule has 168 valence electrons. The van der Waals surface area contributed by atoms with E-state index in [0.29, 0.717) is 35.9 Å². The normalized spacial score (nSPS) is 16.0. The molecule has 1 aromatic carbocycles. The van der Waals surface area contributed by atoms with Gasteiger partial charge in [0, 0.05) is 24.5 Å². The van der Waals surface area contributed by atoms with Crippen molar-refractivity contribution in [3.63, 3.8) is 0 Å². The van der Waals surface area contributed by atoms with Gasteiger partial charge in [0.05, 0.1) is 0 Å². The highest BCUT2D eigenvalue weighted by molar-refractivity contribution is 5.79. The van der Waals surface area contributed by atoms with Crippen LogP contribution in [0.25, 0.3) is 22.7 Å². The lowest BCUT2D eigenvalue weighted by atomic mass is 10.0. The monoisotopic (exact) mass is 446 g/mol. The molecule has 1 aliphatic rings. The second-order valence-electron chi connectivity index (χ2n) is 7.69. The van der Waals surface area contributed by atoms with E-state index in [2.05, 4.69) is 25.3 Å². The van der Waals surface area contributed by atoms with E-state index >= 15 is 0 Å². The van der Waals surface area contributed by atoms with Gasteiger partial charge in [-0.05, 0) is 32.3 Å². The van der Waals surface area contributed by atoms with E-state index in [1.807, 2.05) is 35.2 Å². The first-order chi connectivity index (χ1) is 16.2. The number of aryl methyl sites for hydroxylation is 1. The zero-order valence-electron chi connectivity index (χ0n) is 18.0. The fraction of sp³-hybridized carbons (Fsp3) is 0.304. The third-order valence-electron chi connectivity index (χ3n) is 5.51. The Hall–Kier alpha value is -4.08. The molecule has 0 radical (unpaired) electrons. The van der Waals surface area contributed by atoms with Crippen LogP contribution in [-0.2, 0) is 16.1 Å². The van der Waals surface area contributed by atoms with Gasteiger partial charge in [-0.2, -0.15) is 0 Å². The first-order valence-electron chi connectivity index (χ1n) is 10.8. The van der Waals surface area contributed by atoms with Gasteiger partial charge in [0.15, 0.2) is 6.61 Å². The molecule has 4 aromatic rings. The first kappa shape index (κ1) is 20.8. The first-order valence-corrected chi connectivity index (χ1v) is 10.8. The van der Waals surface area contributed by atoms with E-state index in [-0.39, 0.29) is 24.4 Å². The third-order valence-corrected chi connectivity index (χ3v) is 5.51. The van der Waals surface area contributed by atoms with Crippen LogP contribution in [0.5, 0.6) is 0 Å². The Balaban J connectivity index is 1.29. The number of hydrogen-bond donors (Lipinski definition) is 0. The van der Waals surface area contributed by atoms with Crippen molar-refractivity contribution >= 4 is 11.9 Å². The summed E-state index contributed by atoms with van der Waals surface area (Å²) in [5.74, 6) is 1.16. The lowest BCUT2D eigenvalue weighted by molar-refractivity contribution is -0.147. The lowest BCUT2D eigenvalue weighted by Gasteiger charge is -2.33. The summed E-state index contributed by atoms with van der Waals surface area (Å²) in [5, 5.41) is 12.3. The molecule has 10 heteroatoms. The van der Waals surface area contributed by atoms with E-state index in [9.17, 15) is 4.79 Å². The molecule has 33 heavy (non-hydrogen) atoms. The van der Waals surface area contributed by atoms with Gasteiger partial charge in [-0.3, -0.25) is 0 Å². The number of rotatable bonds is 6. The molecule has 4 heterocycles. The van der Waals surface area contributed by atoms with Crippen LogP contribution in [0.2, 0.25) is 0 Å². The van der Waals surface area contributed by atoms with Crippen molar-refractivity contribution in [2.45, 2.75) is 38.8 Å². The van der Waals surface area contributed by atoms with Crippen molar-refractivity contribution in [1.82, 2.24) is 25.3 Å². The van der Waals surface area contributed by atoms with Gasteiger partial charge in [0.25, 0.3) is 11.8 Å². The van der Waals surface area contributed by atoms with E-state index in [1.165, 1.54) is 0 Å². The van der Waals surface area contributed by atoms with Crippen LogP contribution >= 0.6 is 0 Å². The molecule has 0 saturated carbocycles. The molecule has 0 amide bonds. The summed E-state index contributed by atoms with van der Waals surface area (Å²) in [4.78, 5) is 23.3. The number of hydrogen-bond acceptors (Lipinski definition) is 10. The van der Waals surface area contributed by atoms with Crippen molar-refractivity contribution in [2.24, 2.45) is 0 Å². The van der Waals surface area contributed by atoms with Crippen LogP contribution in [-0.4, -0.2) is 43.9 Å². The maximum atomic E-state index is 12.8. The zero-order chi connectivity index (χ0) is 22.6. The van der Waals surface area contributed by atoms with E-state index in [1.54, 1.807) is 25.4 Å². The van der Waals surface area contributed by atoms with Crippen LogP contribution in [0.15, 0.2) is 57.7 Å². The quantitative estimate of drug-likeness (QED) is 0.406. The van der Waals surface area contributed by atoms with Gasteiger partial charge in [0.1, 0.15) is 23.1 Å². The summed E-state index contributed by atoms with van der Waals surface area (Å²) >= 11 is 0. The number of anilines is 1. The van der Waals surface area contributed by atoms with Crippen molar-refractivity contribution in [2.75, 3.05) is 11.4 Å². The molecule has 1 atom stereocenters. The number of carbonyl (C=O) groups excluding carboxylic acids is 1. The van der Waals surface area contributed by atoms with Gasteiger partial charge >= 0.3 is 5.97 Å². The predicted molar refractivity (Wildman–Crippen MR) is 117 cm³/mol. The summed E-state index contributed by atoms with van der Waals surface area (Å²) < 4.78 is 16.7. The molecule has 0 N–H and O–H groups in total. The Morgan fingerprint density at radius 3 is 2.76 bits per heavy atom. The second kappa shape index (κ2) is 9.19. The summed E-state index contributed by atoms with van der Waals surface area (Å²) in [6.07, 6.45) is 5.90. The summed E-state index contributed by atoms with van der Waals surface area (Å²) in [5.41, 5.74) is 2.10. The second-order valence-corrected chi connectivity index (χ2v) is 7.69. The molecule has 0 bridgehead atoms. The molecule has 1 aliphatic heterocycles. The Kier molecular flexibility index (Phi) is 5.79. The minimum absolute atomic E-state index is 0.128. The van der Waals surface area contributed by atoms with Crippen LogP contribution in [0.4, 0.5) is 5.95 Å². The number of piperidine rings is 1. The average molecular weight is 446 g/mol. The molecule has 0 aliphatic carbocycles. The number of ether oxygens (including phenoxy) is 1. The highest BCUT2D eigenvalue weighted by Gasteiger charge is 2.32. The van der Waals surface area contributed by atoms with Crippen molar-refractivity contribution < 1.29 is 18.5 Å². The Labute approximate surface area is 189 Å². The van der Waals surface area contributed by atoms with Gasteiger partial charge in [-0.25, -0.2) is 14.8 Å². The van der Waals surface area contributed by atoms with Gasteiger partial charge in [0.2, 0.25) is 5.95 Å². The molecular weight excluding hydrogens is 424 g/mol. The molecule has 1 saturated heterocycles. The number of esters is 1. The topological polar surface area (TPSA) is 120 Å². The van der Waals surface area contributed by atoms with E-state index in [0.717, 1.165) is 18.4 Å². The summed E-state index contributed by atoms with van der Waals surface area (Å²) in [6.45, 7) is 2.35. The molecule has 0 spiro atoms. The average Bonchev–Trinajstić information content (AvgIpc) is 3.50. The third kappa shape index (κ3) is 4.32. The smallest absolute Gasteiger partial charge is 0.329 e. The number of nitrogens with zero attached hydrogens (tertiary/aromatic N) is 6. The Morgan fingerprint density at radius 1 is 1.12 bits per heavy atom. The van der Waals surface area contributed by atoms with Gasteiger partial charge < -0.3 is 18.6 Å². The molecule has 1 fully saturated rings. The lowest BCUT2D eigenvalue weighted by Crippen LogP contribution is -2.46. The molecule has 3 aromatic heterocycles. The minimum atomic E-state index is -0.450. The fourth-order valence-electron chi connectivity index (χ4n) is 3.91. The largest absolute Gasteiger partial charge is 0.454 e. The fourth-order valence-corrected chi connectivity index (χ4v) is 3.91. The Morgan fingerprint density at radius 2 is 1.94 bits per heavy atom. The predicted octanol–water partition coefficient (Wildman–Crippen LogP) is 3.59. The van der Waals surface area contributed by atoms with Gasteiger partial charge in [-0.15, -0.1) is 10.2 Å². The molecule has 10 nitrogen and oxygen atoms in total. The summed E-state index contributed by atoms with van der Waals surface area (Å²) in [6, 6.07) is 10.9. The molecular formula is C23H22N6O4. The number of carbonyl (C=O) groups is 1.